The average molecular weight is 857 g/mol. The van der Waals surface area contributed by atoms with Crippen molar-refractivity contribution in [1.29, 1.82) is 0 Å². The van der Waals surface area contributed by atoms with Crippen LogP contribution in [-0.4, -0.2) is 20.8 Å². The van der Waals surface area contributed by atoms with Gasteiger partial charge in [0.15, 0.2) is 0 Å². The molecular formula is C59H59N5O. The van der Waals surface area contributed by atoms with E-state index in [1.807, 2.05) is 48.5 Å². The monoisotopic (exact) mass is 856 g/mol. The topological polar surface area (TPSA) is 38.5 Å². The van der Waals surface area contributed by atoms with Gasteiger partial charge in [0.25, 0.3) is 0 Å². The van der Waals surface area contributed by atoms with Gasteiger partial charge in [-0.15, -0.1) is 0 Å². The number of anilines is 2. The van der Waals surface area contributed by atoms with Gasteiger partial charge in [0.1, 0.15) is 17.3 Å². The lowest BCUT2D eigenvalue weighted by molar-refractivity contribution is 0.479. The SMILES string of the molecule is [2H]C([2H])([2H])c1cc(-n2c3cc(Oc4cc(N5C=CN(c6cc(C(C)(C)C)cc(C(C)(C)C)c6)C5)cc(C(C)(C)C)c4)ccc3c3c2c2ccccc2n3-c2ccccc2)ncc1-c1ccccc1. The molecule has 0 aliphatic carbocycles. The van der Waals surface area contributed by atoms with Gasteiger partial charge in [-0.3, -0.25) is 4.57 Å². The number of nitrogens with zero attached hydrogens (tertiary/aromatic N) is 5. The van der Waals surface area contributed by atoms with Crippen LogP contribution in [0.25, 0.3) is 55.5 Å². The Kier molecular flexibility index (Phi) is 9.21. The molecule has 0 fully saturated rings. The number of rotatable bonds is 7. The van der Waals surface area contributed by atoms with E-state index in [-0.39, 0.29) is 21.8 Å². The molecule has 0 unspecified atom stereocenters. The molecule has 0 amide bonds. The molecule has 65 heavy (non-hydrogen) atoms. The van der Waals surface area contributed by atoms with Crippen molar-refractivity contribution in [1.82, 2.24) is 14.1 Å². The van der Waals surface area contributed by atoms with E-state index in [0.29, 0.717) is 23.8 Å². The predicted octanol–water partition coefficient (Wildman–Crippen LogP) is 15.5. The lowest BCUT2D eigenvalue weighted by Crippen LogP contribution is -2.26. The van der Waals surface area contributed by atoms with Crippen LogP contribution in [0, 0.1) is 6.85 Å². The second-order valence-electron chi connectivity index (χ2n) is 20.6. The van der Waals surface area contributed by atoms with Crippen molar-refractivity contribution in [3.05, 3.63) is 186 Å². The van der Waals surface area contributed by atoms with Gasteiger partial charge in [-0.05, 0) is 112 Å². The molecule has 6 nitrogen and oxygen atoms in total. The molecule has 326 valence electrons. The molecule has 0 atom stereocenters. The summed E-state index contributed by atoms with van der Waals surface area (Å²) in [7, 11) is 0. The molecule has 0 bridgehead atoms. The summed E-state index contributed by atoms with van der Waals surface area (Å²) in [5, 5.41) is 2.00. The minimum absolute atomic E-state index is 0.00707. The quantitative estimate of drug-likeness (QED) is 0.160. The van der Waals surface area contributed by atoms with Crippen molar-refractivity contribution in [2.24, 2.45) is 0 Å². The van der Waals surface area contributed by atoms with Crippen molar-refractivity contribution in [2.45, 2.75) is 85.4 Å². The molecule has 0 saturated carbocycles. The van der Waals surface area contributed by atoms with E-state index >= 15 is 0 Å². The van der Waals surface area contributed by atoms with Gasteiger partial charge < -0.3 is 19.1 Å². The fourth-order valence-electron chi connectivity index (χ4n) is 9.05. The molecule has 1 aliphatic rings. The van der Waals surface area contributed by atoms with E-state index in [0.717, 1.165) is 61.1 Å². The smallest absolute Gasteiger partial charge is 0.137 e. The van der Waals surface area contributed by atoms with Crippen LogP contribution in [0.15, 0.2) is 164 Å². The molecule has 1 aliphatic heterocycles. The number of hydrogen-bond acceptors (Lipinski definition) is 4. The van der Waals surface area contributed by atoms with E-state index in [2.05, 4.69) is 185 Å². The third-order valence-corrected chi connectivity index (χ3v) is 12.8. The van der Waals surface area contributed by atoms with Gasteiger partial charge in [0.2, 0.25) is 0 Å². The number of pyridine rings is 1. The number of fused-ring (bicyclic) bond motifs is 5. The van der Waals surface area contributed by atoms with Crippen molar-refractivity contribution in [3.8, 4) is 34.1 Å². The highest BCUT2D eigenvalue weighted by Gasteiger charge is 2.27. The molecule has 6 aromatic carbocycles. The highest BCUT2D eigenvalue weighted by molar-refractivity contribution is 6.20. The molecule has 4 heterocycles. The Bertz CT molecular complexity index is 3370. The minimum atomic E-state index is -2.40. The molecule has 10 rings (SSSR count). The van der Waals surface area contributed by atoms with Crippen LogP contribution in [0.1, 0.15) is 88.7 Å². The number of aryl methyl sites for hydroxylation is 1. The Labute approximate surface area is 388 Å². The van der Waals surface area contributed by atoms with Gasteiger partial charge in [0, 0.05) is 68.2 Å². The first-order valence-electron chi connectivity index (χ1n) is 24.1. The summed E-state index contributed by atoms with van der Waals surface area (Å²) >= 11 is 0. The Morgan fingerprint density at radius 3 is 1.72 bits per heavy atom. The van der Waals surface area contributed by atoms with Gasteiger partial charge in [0.05, 0.1) is 28.7 Å². The molecule has 0 saturated heterocycles. The van der Waals surface area contributed by atoms with E-state index in [4.69, 9.17) is 13.8 Å². The van der Waals surface area contributed by atoms with Crippen molar-refractivity contribution >= 4 is 44.2 Å². The van der Waals surface area contributed by atoms with Gasteiger partial charge in [-0.2, -0.15) is 0 Å². The largest absolute Gasteiger partial charge is 0.457 e. The van der Waals surface area contributed by atoms with Crippen LogP contribution < -0.4 is 14.5 Å². The van der Waals surface area contributed by atoms with Crippen LogP contribution in [-0.2, 0) is 16.2 Å². The fraction of sp³-hybridized carbons (Fsp3) is 0.237. The van der Waals surface area contributed by atoms with Crippen LogP contribution >= 0.6 is 0 Å². The van der Waals surface area contributed by atoms with Crippen molar-refractivity contribution in [2.75, 3.05) is 16.5 Å². The number of para-hydroxylation sites is 2. The number of ether oxygens (including phenoxy) is 1. The van der Waals surface area contributed by atoms with Crippen LogP contribution in [0.3, 0.4) is 0 Å². The summed E-state index contributed by atoms with van der Waals surface area (Å²) in [6.07, 6.45) is 6.04. The van der Waals surface area contributed by atoms with Crippen molar-refractivity contribution < 1.29 is 8.85 Å². The summed E-state index contributed by atoms with van der Waals surface area (Å²) in [5.74, 6) is 1.88. The van der Waals surface area contributed by atoms with E-state index < -0.39 is 6.85 Å². The molecule has 0 N–H and O–H groups in total. The highest BCUT2D eigenvalue weighted by Crippen LogP contribution is 2.43. The average Bonchev–Trinajstić information content (AvgIpc) is 4.01. The zero-order valence-electron chi connectivity index (χ0n) is 41.9. The first-order chi connectivity index (χ1) is 32.2. The molecular weight excluding hydrogens is 795 g/mol. The van der Waals surface area contributed by atoms with Gasteiger partial charge >= 0.3 is 0 Å². The second kappa shape index (κ2) is 15.6. The number of hydrogen-bond donors (Lipinski definition) is 0. The maximum Gasteiger partial charge on any atom is 0.137 e. The standard InChI is InChI=1S/C59H59N5O/c1-39-29-54(60-37-51(39)40-19-13-11-14-20-40)64-53-36-47(25-26-50(53)55-56(64)49-23-17-18-24-52(49)63(55)44-21-15-12-16-22-44)65-48-34-43(59(8,9)10)33-46(35-48)62-28-27-61(38-62)45-31-41(57(2,3)4)30-42(32-45)58(5,6)7/h11-37H,38H2,1-10H3/i1D3. The van der Waals surface area contributed by atoms with E-state index in [1.165, 1.54) is 16.8 Å². The third-order valence-electron chi connectivity index (χ3n) is 12.8. The zero-order chi connectivity index (χ0) is 47.9. The lowest BCUT2D eigenvalue weighted by atomic mass is 9.80. The summed E-state index contributed by atoms with van der Waals surface area (Å²) < 4.78 is 37.6. The van der Waals surface area contributed by atoms with Gasteiger partial charge in [-0.25, -0.2) is 4.98 Å². The number of benzene rings is 6. The van der Waals surface area contributed by atoms with E-state index in [1.54, 1.807) is 12.3 Å². The summed E-state index contributed by atoms with van der Waals surface area (Å²) in [5.41, 5.74) is 12.3. The Hall–Kier alpha value is -7.05. The maximum atomic E-state index is 8.74. The van der Waals surface area contributed by atoms with Crippen LogP contribution in [0.4, 0.5) is 11.4 Å². The Morgan fingerprint density at radius 2 is 1.08 bits per heavy atom. The first-order valence-corrected chi connectivity index (χ1v) is 22.6. The minimum Gasteiger partial charge on any atom is -0.457 e. The highest BCUT2D eigenvalue weighted by atomic mass is 16.5. The Balaban J connectivity index is 1.11. The maximum absolute atomic E-state index is 8.74. The molecule has 6 heteroatoms. The third kappa shape index (κ3) is 7.75. The summed E-state index contributed by atoms with van der Waals surface area (Å²) in [6, 6.07) is 49.9. The summed E-state index contributed by atoms with van der Waals surface area (Å²) in [4.78, 5) is 9.68. The van der Waals surface area contributed by atoms with Crippen molar-refractivity contribution in [3.63, 3.8) is 0 Å². The zero-order valence-corrected chi connectivity index (χ0v) is 38.9. The lowest BCUT2D eigenvalue weighted by Gasteiger charge is -2.29. The van der Waals surface area contributed by atoms with Crippen LogP contribution in [0.2, 0.25) is 0 Å². The Morgan fingerprint density at radius 1 is 0.508 bits per heavy atom. The molecule has 9 aromatic rings. The summed E-state index contributed by atoms with van der Waals surface area (Å²) in [6.45, 7) is 18.6. The van der Waals surface area contributed by atoms with Gasteiger partial charge in [-0.1, -0.05) is 135 Å². The second-order valence-corrected chi connectivity index (χ2v) is 20.6. The predicted molar refractivity (Wildman–Crippen MR) is 274 cm³/mol. The molecule has 0 spiro atoms. The van der Waals surface area contributed by atoms with Crippen LogP contribution in [0.5, 0.6) is 11.5 Å². The molecule has 3 aromatic heterocycles. The fourth-order valence-corrected chi connectivity index (χ4v) is 9.05. The first kappa shape index (κ1) is 38.4. The molecule has 0 radical (unpaired) electrons. The number of aromatic nitrogens is 3. The van der Waals surface area contributed by atoms with E-state index in [9.17, 15) is 0 Å². The normalized spacial score (nSPS) is 14.4.